The molecule has 0 aliphatic heterocycles. The van der Waals surface area contributed by atoms with Crippen LogP contribution in [-0.2, 0) is 6.54 Å². The minimum absolute atomic E-state index is 0.204. The summed E-state index contributed by atoms with van der Waals surface area (Å²) in [6, 6.07) is 7.38. The maximum Gasteiger partial charge on any atom is 0.261 e. The van der Waals surface area contributed by atoms with Gasteiger partial charge in [-0.2, -0.15) is 0 Å². The first-order valence-corrected chi connectivity index (χ1v) is 6.74. The number of carbonyl (C=O) groups excluding carboxylic acids is 1. The van der Waals surface area contributed by atoms with Crippen molar-refractivity contribution in [1.82, 2.24) is 4.57 Å². The highest BCUT2D eigenvalue weighted by Crippen LogP contribution is 2.24. The fraction of sp³-hybridized carbons (Fsp3) is 0.286. The number of thiophene rings is 1. The molecule has 0 aromatic carbocycles. The van der Waals surface area contributed by atoms with Gasteiger partial charge >= 0.3 is 0 Å². The molecule has 0 unspecified atom stereocenters. The van der Waals surface area contributed by atoms with E-state index in [1.165, 1.54) is 0 Å². The van der Waals surface area contributed by atoms with E-state index in [0.29, 0.717) is 18.7 Å². The van der Waals surface area contributed by atoms with E-state index >= 15 is 0 Å². The molecule has 0 atom stereocenters. The standard InChI is InChI=1S/C14H15NO2S/c1-10(2)8-15-12(13-4-3-7-18-13)6-5-11(9-16)14(15)17/h3-7,9-10H,8H2,1-2H3. The maximum atomic E-state index is 12.2. The normalized spacial score (nSPS) is 10.8. The topological polar surface area (TPSA) is 39.1 Å². The molecular weight excluding hydrogens is 246 g/mol. The minimum atomic E-state index is -0.204. The van der Waals surface area contributed by atoms with Crippen molar-refractivity contribution in [3.8, 4) is 10.6 Å². The number of pyridine rings is 1. The highest BCUT2D eigenvalue weighted by Gasteiger charge is 2.11. The Hall–Kier alpha value is -1.68. The molecule has 0 saturated carbocycles. The molecule has 0 spiro atoms. The number of aromatic nitrogens is 1. The first-order valence-electron chi connectivity index (χ1n) is 5.86. The zero-order chi connectivity index (χ0) is 13.1. The van der Waals surface area contributed by atoms with E-state index in [2.05, 4.69) is 13.8 Å². The van der Waals surface area contributed by atoms with E-state index < -0.39 is 0 Å². The fourth-order valence-electron chi connectivity index (χ4n) is 1.87. The molecule has 0 amide bonds. The number of nitrogens with zero attached hydrogens (tertiary/aromatic N) is 1. The average Bonchev–Trinajstić information content (AvgIpc) is 2.84. The van der Waals surface area contributed by atoms with Crippen LogP contribution < -0.4 is 5.56 Å². The molecule has 0 bridgehead atoms. The van der Waals surface area contributed by atoms with Crippen LogP contribution in [0.1, 0.15) is 24.2 Å². The zero-order valence-electron chi connectivity index (χ0n) is 10.4. The van der Waals surface area contributed by atoms with Crippen molar-refractivity contribution in [3.05, 3.63) is 45.6 Å². The van der Waals surface area contributed by atoms with E-state index in [9.17, 15) is 9.59 Å². The van der Waals surface area contributed by atoms with Crippen LogP contribution in [0.25, 0.3) is 10.6 Å². The number of aldehydes is 1. The van der Waals surface area contributed by atoms with Crippen LogP contribution in [0.5, 0.6) is 0 Å². The molecule has 18 heavy (non-hydrogen) atoms. The summed E-state index contributed by atoms with van der Waals surface area (Å²) in [7, 11) is 0. The van der Waals surface area contributed by atoms with Crippen molar-refractivity contribution in [2.75, 3.05) is 0 Å². The lowest BCUT2D eigenvalue weighted by Gasteiger charge is -2.14. The van der Waals surface area contributed by atoms with E-state index in [4.69, 9.17) is 0 Å². The Labute approximate surface area is 110 Å². The summed E-state index contributed by atoms with van der Waals surface area (Å²) in [5, 5.41) is 1.98. The van der Waals surface area contributed by atoms with Gasteiger partial charge in [0.25, 0.3) is 5.56 Å². The van der Waals surface area contributed by atoms with Crippen molar-refractivity contribution in [3.63, 3.8) is 0 Å². The lowest BCUT2D eigenvalue weighted by molar-refractivity contribution is 0.112. The number of carbonyl (C=O) groups is 1. The Morgan fingerprint density at radius 1 is 1.33 bits per heavy atom. The lowest BCUT2D eigenvalue weighted by atomic mass is 10.1. The molecule has 2 rings (SSSR count). The Morgan fingerprint density at radius 3 is 2.67 bits per heavy atom. The summed E-state index contributed by atoms with van der Waals surface area (Å²) in [5.41, 5.74) is 0.898. The predicted molar refractivity (Wildman–Crippen MR) is 74.2 cm³/mol. The van der Waals surface area contributed by atoms with Crippen molar-refractivity contribution in [2.24, 2.45) is 5.92 Å². The summed E-state index contributed by atoms with van der Waals surface area (Å²) in [6.07, 6.45) is 0.622. The molecular formula is C14H15NO2S. The molecule has 0 radical (unpaired) electrons. The third-order valence-corrected chi connectivity index (χ3v) is 3.54. The Bertz CT molecular complexity index is 597. The number of rotatable bonds is 4. The zero-order valence-corrected chi connectivity index (χ0v) is 11.2. The molecule has 3 nitrogen and oxygen atoms in total. The van der Waals surface area contributed by atoms with Gasteiger partial charge in [-0.15, -0.1) is 11.3 Å². The number of hydrogen-bond donors (Lipinski definition) is 0. The maximum absolute atomic E-state index is 12.2. The summed E-state index contributed by atoms with van der Waals surface area (Å²) >= 11 is 1.59. The van der Waals surface area contributed by atoms with Crippen molar-refractivity contribution in [1.29, 1.82) is 0 Å². The molecule has 0 aliphatic rings. The predicted octanol–water partition coefficient (Wildman–Crippen LogP) is 3.05. The van der Waals surface area contributed by atoms with E-state index in [0.717, 1.165) is 10.6 Å². The smallest absolute Gasteiger partial charge is 0.261 e. The Morgan fingerprint density at radius 2 is 2.11 bits per heavy atom. The van der Waals surface area contributed by atoms with Gasteiger partial charge in [-0.25, -0.2) is 0 Å². The molecule has 0 fully saturated rings. The highest BCUT2D eigenvalue weighted by molar-refractivity contribution is 7.13. The lowest BCUT2D eigenvalue weighted by Crippen LogP contribution is -2.26. The first-order chi connectivity index (χ1) is 8.63. The fourth-order valence-corrected chi connectivity index (χ4v) is 2.63. The van der Waals surface area contributed by atoms with Crippen LogP contribution in [-0.4, -0.2) is 10.9 Å². The Balaban J connectivity index is 2.63. The summed E-state index contributed by atoms with van der Waals surface area (Å²) in [5.74, 6) is 0.350. The second-order valence-electron chi connectivity index (χ2n) is 4.58. The molecule has 4 heteroatoms. The average molecular weight is 261 g/mol. The molecule has 0 N–H and O–H groups in total. The van der Waals surface area contributed by atoms with Gasteiger partial charge in [0, 0.05) is 6.54 Å². The Kier molecular flexibility index (Phi) is 3.77. The van der Waals surface area contributed by atoms with Gasteiger partial charge in [0.15, 0.2) is 6.29 Å². The van der Waals surface area contributed by atoms with Gasteiger partial charge in [-0.05, 0) is 29.5 Å². The largest absolute Gasteiger partial charge is 0.307 e. The van der Waals surface area contributed by atoms with Crippen molar-refractivity contribution < 1.29 is 4.79 Å². The van der Waals surface area contributed by atoms with Crippen LogP contribution in [0.15, 0.2) is 34.4 Å². The second-order valence-corrected chi connectivity index (χ2v) is 5.53. The van der Waals surface area contributed by atoms with Crippen molar-refractivity contribution >= 4 is 17.6 Å². The van der Waals surface area contributed by atoms with Crippen molar-refractivity contribution in [2.45, 2.75) is 20.4 Å². The van der Waals surface area contributed by atoms with Gasteiger partial charge in [0.1, 0.15) is 0 Å². The van der Waals surface area contributed by atoms with Crippen LogP contribution in [0.3, 0.4) is 0 Å². The molecule has 0 aliphatic carbocycles. The summed E-state index contributed by atoms with van der Waals surface area (Å²) < 4.78 is 1.69. The highest BCUT2D eigenvalue weighted by atomic mass is 32.1. The van der Waals surface area contributed by atoms with E-state index in [1.807, 2.05) is 23.6 Å². The van der Waals surface area contributed by atoms with E-state index in [1.54, 1.807) is 22.0 Å². The van der Waals surface area contributed by atoms with Crippen LogP contribution in [0.4, 0.5) is 0 Å². The van der Waals surface area contributed by atoms with Gasteiger partial charge in [0.05, 0.1) is 16.1 Å². The molecule has 2 aromatic heterocycles. The molecule has 2 heterocycles. The summed E-state index contributed by atoms with van der Waals surface area (Å²) in [6.45, 7) is 4.73. The molecule has 0 saturated heterocycles. The minimum Gasteiger partial charge on any atom is -0.307 e. The molecule has 94 valence electrons. The number of hydrogen-bond acceptors (Lipinski definition) is 3. The monoisotopic (exact) mass is 261 g/mol. The SMILES string of the molecule is CC(C)Cn1c(-c2cccs2)ccc(C=O)c1=O. The quantitative estimate of drug-likeness (QED) is 0.793. The van der Waals surface area contributed by atoms with E-state index in [-0.39, 0.29) is 11.1 Å². The summed E-state index contributed by atoms with van der Waals surface area (Å²) in [4.78, 5) is 24.1. The van der Waals surface area contributed by atoms with Crippen LogP contribution in [0, 0.1) is 5.92 Å². The van der Waals surface area contributed by atoms with Gasteiger partial charge in [0.2, 0.25) is 0 Å². The molecule has 2 aromatic rings. The third-order valence-electron chi connectivity index (χ3n) is 2.65. The second kappa shape index (κ2) is 5.31. The van der Waals surface area contributed by atoms with Gasteiger partial charge < -0.3 is 4.57 Å². The first kappa shape index (κ1) is 12.8. The van der Waals surface area contributed by atoms with Crippen LogP contribution >= 0.6 is 11.3 Å². The third kappa shape index (κ3) is 2.43. The van der Waals surface area contributed by atoms with Gasteiger partial charge in [-0.1, -0.05) is 19.9 Å². The van der Waals surface area contributed by atoms with Crippen LogP contribution in [0.2, 0.25) is 0 Å². The van der Waals surface area contributed by atoms with Gasteiger partial charge in [-0.3, -0.25) is 9.59 Å².